The molecule has 3 unspecified atom stereocenters. The summed E-state index contributed by atoms with van der Waals surface area (Å²) in [5.74, 6) is -0.0548. The molecule has 0 radical (unpaired) electrons. The van der Waals surface area contributed by atoms with Crippen LogP contribution in [0, 0.1) is 5.92 Å². The minimum atomic E-state index is -0.649. The van der Waals surface area contributed by atoms with E-state index in [9.17, 15) is 9.90 Å². The molecule has 1 saturated carbocycles. The fourth-order valence-electron chi connectivity index (χ4n) is 4.01. The summed E-state index contributed by atoms with van der Waals surface area (Å²) in [6, 6.07) is 2.22. The van der Waals surface area contributed by atoms with Crippen LogP contribution in [0.2, 0.25) is 0 Å². The highest BCUT2D eigenvalue weighted by atomic mass is 16.4. The Morgan fingerprint density at radius 3 is 2.95 bits per heavy atom. The van der Waals surface area contributed by atoms with Crippen LogP contribution in [0.4, 0.5) is 0 Å². The van der Waals surface area contributed by atoms with Crippen LogP contribution in [0.3, 0.4) is 0 Å². The lowest BCUT2D eigenvalue weighted by atomic mass is 9.85. The second-order valence-electron chi connectivity index (χ2n) is 6.14. The summed E-state index contributed by atoms with van der Waals surface area (Å²) < 4.78 is 1.88. The van der Waals surface area contributed by atoms with Crippen molar-refractivity contribution in [2.75, 3.05) is 6.54 Å². The molecular weight excluding hydrogens is 254 g/mol. The van der Waals surface area contributed by atoms with Gasteiger partial charge in [-0.05, 0) is 31.2 Å². The van der Waals surface area contributed by atoms with E-state index >= 15 is 0 Å². The molecule has 3 atom stereocenters. The monoisotopic (exact) mass is 277 g/mol. The molecule has 2 heterocycles. The van der Waals surface area contributed by atoms with Crippen LogP contribution >= 0.6 is 0 Å². The highest BCUT2D eigenvalue weighted by Crippen LogP contribution is 2.39. The molecule has 1 aromatic heterocycles. The maximum absolute atomic E-state index is 11.5. The van der Waals surface area contributed by atoms with E-state index in [1.54, 1.807) is 6.20 Å². The number of carbonyl (C=O) groups is 1. The molecule has 0 spiro atoms. The molecule has 1 saturated heterocycles. The van der Waals surface area contributed by atoms with Gasteiger partial charge in [-0.1, -0.05) is 12.8 Å². The third-order valence-corrected chi connectivity index (χ3v) is 5.05. The van der Waals surface area contributed by atoms with E-state index in [0.717, 1.165) is 19.4 Å². The van der Waals surface area contributed by atoms with Crippen LogP contribution in [-0.2, 0) is 18.3 Å². The second-order valence-corrected chi connectivity index (χ2v) is 6.14. The topological polar surface area (TPSA) is 58.4 Å². The van der Waals surface area contributed by atoms with Gasteiger partial charge in [0.15, 0.2) is 0 Å². The van der Waals surface area contributed by atoms with E-state index in [-0.39, 0.29) is 6.04 Å². The van der Waals surface area contributed by atoms with Crippen LogP contribution in [0.25, 0.3) is 0 Å². The molecule has 2 aliphatic rings. The molecule has 2 fully saturated rings. The zero-order valence-corrected chi connectivity index (χ0v) is 12.0. The molecule has 20 heavy (non-hydrogen) atoms. The van der Waals surface area contributed by atoms with Crippen molar-refractivity contribution in [2.45, 2.75) is 50.6 Å². The minimum Gasteiger partial charge on any atom is -0.480 e. The first-order valence-electron chi connectivity index (χ1n) is 7.62. The third-order valence-electron chi connectivity index (χ3n) is 5.05. The Kier molecular flexibility index (Phi) is 3.78. The van der Waals surface area contributed by atoms with Crippen molar-refractivity contribution >= 4 is 5.97 Å². The summed E-state index contributed by atoms with van der Waals surface area (Å²) in [5, 5.41) is 13.7. The SMILES string of the molecule is Cn1nccc1CCN1C(C(=O)O)CC2CCCCC21. The van der Waals surface area contributed by atoms with E-state index in [2.05, 4.69) is 10.00 Å². The number of carboxylic acids is 1. The summed E-state index contributed by atoms with van der Waals surface area (Å²) in [6.07, 6.45) is 8.40. The highest BCUT2D eigenvalue weighted by molar-refractivity contribution is 5.74. The van der Waals surface area contributed by atoms with Gasteiger partial charge in [-0.2, -0.15) is 5.10 Å². The van der Waals surface area contributed by atoms with Gasteiger partial charge in [0.05, 0.1) is 0 Å². The molecule has 0 bridgehead atoms. The van der Waals surface area contributed by atoms with Gasteiger partial charge in [0.2, 0.25) is 0 Å². The molecule has 1 aromatic rings. The number of likely N-dealkylation sites (tertiary alicyclic amines) is 1. The van der Waals surface area contributed by atoms with Gasteiger partial charge >= 0.3 is 5.97 Å². The Hall–Kier alpha value is -1.36. The molecule has 5 nitrogen and oxygen atoms in total. The van der Waals surface area contributed by atoms with Crippen LogP contribution < -0.4 is 0 Å². The number of hydrogen-bond acceptors (Lipinski definition) is 3. The van der Waals surface area contributed by atoms with E-state index < -0.39 is 5.97 Å². The number of aliphatic carboxylic acids is 1. The van der Waals surface area contributed by atoms with E-state index in [1.807, 2.05) is 17.8 Å². The summed E-state index contributed by atoms with van der Waals surface area (Å²) in [7, 11) is 1.94. The summed E-state index contributed by atoms with van der Waals surface area (Å²) in [4.78, 5) is 13.8. The van der Waals surface area contributed by atoms with Gasteiger partial charge in [0.1, 0.15) is 6.04 Å². The Morgan fingerprint density at radius 1 is 1.45 bits per heavy atom. The van der Waals surface area contributed by atoms with Gasteiger partial charge in [-0.25, -0.2) is 0 Å². The molecule has 5 heteroatoms. The lowest BCUT2D eigenvalue weighted by molar-refractivity contribution is -0.142. The number of nitrogens with zero attached hydrogens (tertiary/aromatic N) is 3. The Bertz CT molecular complexity index is 485. The van der Waals surface area contributed by atoms with Crippen molar-refractivity contribution in [3.8, 4) is 0 Å². The van der Waals surface area contributed by atoms with Gasteiger partial charge in [-0.15, -0.1) is 0 Å². The van der Waals surface area contributed by atoms with Crippen LogP contribution in [0.1, 0.15) is 37.8 Å². The highest BCUT2D eigenvalue weighted by Gasteiger charge is 2.44. The standard InChI is InChI=1S/C15H23N3O2/c1-17-12(6-8-16-17)7-9-18-13-5-3-2-4-11(13)10-14(18)15(19)20/h6,8,11,13-14H,2-5,7,9-10H2,1H3,(H,19,20). The van der Waals surface area contributed by atoms with Crippen molar-refractivity contribution in [3.05, 3.63) is 18.0 Å². The van der Waals surface area contributed by atoms with Crippen molar-refractivity contribution in [3.63, 3.8) is 0 Å². The number of aryl methyl sites for hydroxylation is 1. The predicted octanol–water partition coefficient (Wildman–Crippen LogP) is 1.68. The van der Waals surface area contributed by atoms with Crippen molar-refractivity contribution < 1.29 is 9.90 Å². The lowest BCUT2D eigenvalue weighted by Crippen LogP contribution is -2.43. The van der Waals surface area contributed by atoms with E-state index in [0.29, 0.717) is 12.0 Å². The summed E-state index contributed by atoms with van der Waals surface area (Å²) >= 11 is 0. The molecule has 1 N–H and O–H groups in total. The minimum absolute atomic E-state index is 0.281. The first-order valence-corrected chi connectivity index (χ1v) is 7.62. The maximum Gasteiger partial charge on any atom is 0.320 e. The fraction of sp³-hybridized carbons (Fsp3) is 0.733. The Labute approximate surface area is 119 Å². The van der Waals surface area contributed by atoms with Crippen molar-refractivity contribution in [2.24, 2.45) is 13.0 Å². The van der Waals surface area contributed by atoms with Gasteiger partial charge in [-0.3, -0.25) is 14.4 Å². The fourth-order valence-corrected chi connectivity index (χ4v) is 4.01. The molecule has 0 amide bonds. The average Bonchev–Trinajstić information content (AvgIpc) is 3.00. The molecular formula is C15H23N3O2. The van der Waals surface area contributed by atoms with E-state index in [1.165, 1.54) is 31.4 Å². The predicted molar refractivity (Wildman–Crippen MR) is 75.4 cm³/mol. The molecule has 110 valence electrons. The molecule has 1 aliphatic carbocycles. The van der Waals surface area contributed by atoms with Crippen molar-refractivity contribution in [1.82, 2.24) is 14.7 Å². The maximum atomic E-state index is 11.5. The summed E-state index contributed by atoms with van der Waals surface area (Å²) in [5.41, 5.74) is 1.17. The summed E-state index contributed by atoms with van der Waals surface area (Å²) in [6.45, 7) is 0.831. The van der Waals surface area contributed by atoms with Crippen LogP contribution in [0.5, 0.6) is 0 Å². The normalized spacial score (nSPS) is 30.4. The van der Waals surface area contributed by atoms with Gasteiger partial charge in [0.25, 0.3) is 0 Å². The van der Waals surface area contributed by atoms with Gasteiger partial charge < -0.3 is 5.11 Å². The lowest BCUT2D eigenvalue weighted by Gasteiger charge is -2.32. The Morgan fingerprint density at radius 2 is 2.25 bits per heavy atom. The first kappa shape index (κ1) is 13.6. The molecule has 1 aliphatic heterocycles. The quantitative estimate of drug-likeness (QED) is 0.909. The Balaban J connectivity index is 1.71. The number of carboxylic acid groups (broad SMARTS) is 1. The number of aromatic nitrogens is 2. The number of rotatable bonds is 4. The largest absolute Gasteiger partial charge is 0.480 e. The first-order chi connectivity index (χ1) is 9.66. The smallest absolute Gasteiger partial charge is 0.320 e. The average molecular weight is 277 g/mol. The number of hydrogen-bond donors (Lipinski definition) is 1. The number of fused-ring (bicyclic) bond motifs is 1. The van der Waals surface area contributed by atoms with Crippen LogP contribution in [-0.4, -0.2) is 44.4 Å². The molecule has 3 rings (SSSR count). The van der Waals surface area contributed by atoms with E-state index in [4.69, 9.17) is 0 Å². The van der Waals surface area contributed by atoms with Crippen molar-refractivity contribution in [1.29, 1.82) is 0 Å². The zero-order valence-electron chi connectivity index (χ0n) is 12.0. The van der Waals surface area contributed by atoms with Crippen LogP contribution in [0.15, 0.2) is 12.3 Å². The third kappa shape index (κ3) is 2.46. The second kappa shape index (κ2) is 5.56. The zero-order chi connectivity index (χ0) is 14.1. The van der Waals surface area contributed by atoms with Gasteiger partial charge in [0, 0.05) is 37.9 Å². The molecule has 0 aromatic carbocycles.